The van der Waals surface area contributed by atoms with Crippen LogP contribution in [0.3, 0.4) is 0 Å². The summed E-state index contributed by atoms with van der Waals surface area (Å²) in [5, 5.41) is 5.58. The molecule has 3 rings (SSSR count). The van der Waals surface area contributed by atoms with Gasteiger partial charge >= 0.3 is 0 Å². The number of hydrogen-bond acceptors (Lipinski definition) is 3. The van der Waals surface area contributed by atoms with Gasteiger partial charge in [-0.15, -0.1) is 0 Å². The molecule has 1 aromatic heterocycles. The summed E-state index contributed by atoms with van der Waals surface area (Å²) in [6.07, 6.45) is 1.81. The summed E-state index contributed by atoms with van der Waals surface area (Å²) in [7, 11) is 0. The lowest BCUT2D eigenvalue weighted by Crippen LogP contribution is -1.99. The van der Waals surface area contributed by atoms with Crippen molar-refractivity contribution in [1.82, 2.24) is 4.98 Å². The fourth-order valence-corrected chi connectivity index (χ4v) is 2.68. The van der Waals surface area contributed by atoms with Gasteiger partial charge < -0.3 is 11.1 Å². The standard InChI is InChI=1S/C16H14BrN3/c17-15-6-2-5-14-13(15)7-8-19-16(14)20-12-4-1-3-11(9-12)10-18/h1-9H,10,18H2,(H,19,20). The average Bonchev–Trinajstić information content (AvgIpc) is 2.49. The molecule has 2 aromatic carbocycles. The molecule has 0 spiro atoms. The van der Waals surface area contributed by atoms with Crippen molar-refractivity contribution < 1.29 is 0 Å². The summed E-state index contributed by atoms with van der Waals surface area (Å²) in [6, 6.07) is 16.2. The van der Waals surface area contributed by atoms with Crippen molar-refractivity contribution in [2.24, 2.45) is 5.73 Å². The van der Waals surface area contributed by atoms with Crippen molar-refractivity contribution in [2.75, 3.05) is 5.32 Å². The Kier molecular flexibility index (Phi) is 3.67. The summed E-state index contributed by atoms with van der Waals surface area (Å²) in [5.74, 6) is 0.845. The number of aromatic nitrogens is 1. The number of halogens is 1. The highest BCUT2D eigenvalue weighted by Gasteiger charge is 2.05. The predicted octanol–water partition coefficient (Wildman–Crippen LogP) is 4.20. The lowest BCUT2D eigenvalue weighted by Gasteiger charge is -2.10. The Morgan fingerprint density at radius 3 is 2.75 bits per heavy atom. The number of pyridine rings is 1. The van der Waals surface area contributed by atoms with Crippen LogP contribution in [0.1, 0.15) is 5.56 Å². The number of hydrogen-bond donors (Lipinski definition) is 2. The van der Waals surface area contributed by atoms with Gasteiger partial charge in [0.1, 0.15) is 5.82 Å². The van der Waals surface area contributed by atoms with E-state index >= 15 is 0 Å². The number of nitrogens with two attached hydrogens (primary N) is 1. The molecular weight excluding hydrogens is 314 g/mol. The molecule has 0 amide bonds. The molecular formula is C16H14BrN3. The van der Waals surface area contributed by atoms with Crippen molar-refractivity contribution >= 4 is 38.2 Å². The summed E-state index contributed by atoms with van der Waals surface area (Å²) in [5.41, 5.74) is 7.76. The van der Waals surface area contributed by atoms with Crippen LogP contribution >= 0.6 is 15.9 Å². The molecule has 4 heteroatoms. The van der Waals surface area contributed by atoms with E-state index in [9.17, 15) is 0 Å². The van der Waals surface area contributed by atoms with E-state index in [1.807, 2.05) is 48.7 Å². The van der Waals surface area contributed by atoms with Crippen molar-refractivity contribution in [3.63, 3.8) is 0 Å². The molecule has 3 aromatic rings. The maximum Gasteiger partial charge on any atom is 0.138 e. The highest BCUT2D eigenvalue weighted by atomic mass is 79.9. The number of nitrogens with zero attached hydrogens (tertiary/aromatic N) is 1. The SMILES string of the molecule is NCc1cccc(Nc2nccc3c(Br)cccc23)c1. The number of fused-ring (bicyclic) bond motifs is 1. The normalized spacial score (nSPS) is 10.7. The van der Waals surface area contributed by atoms with Gasteiger partial charge in [0.05, 0.1) is 0 Å². The Morgan fingerprint density at radius 1 is 1.05 bits per heavy atom. The molecule has 0 atom stereocenters. The largest absolute Gasteiger partial charge is 0.340 e. The highest BCUT2D eigenvalue weighted by Crippen LogP contribution is 2.29. The third kappa shape index (κ3) is 2.53. The molecule has 0 fully saturated rings. The van der Waals surface area contributed by atoms with Crippen LogP contribution in [-0.4, -0.2) is 4.98 Å². The van der Waals surface area contributed by atoms with E-state index in [1.165, 1.54) is 0 Å². The zero-order chi connectivity index (χ0) is 13.9. The van der Waals surface area contributed by atoms with Crippen LogP contribution in [0.25, 0.3) is 10.8 Å². The second-order valence-corrected chi connectivity index (χ2v) is 5.38. The molecule has 3 nitrogen and oxygen atoms in total. The highest BCUT2D eigenvalue weighted by molar-refractivity contribution is 9.10. The first kappa shape index (κ1) is 13.1. The molecule has 0 bridgehead atoms. The second kappa shape index (κ2) is 5.61. The fraction of sp³-hybridized carbons (Fsp3) is 0.0625. The molecule has 100 valence electrons. The fourth-order valence-electron chi connectivity index (χ4n) is 2.18. The third-order valence-electron chi connectivity index (χ3n) is 3.18. The Bertz CT molecular complexity index is 756. The van der Waals surface area contributed by atoms with Gasteiger partial charge in [-0.1, -0.05) is 40.2 Å². The molecule has 0 radical (unpaired) electrons. The molecule has 0 unspecified atom stereocenters. The van der Waals surface area contributed by atoms with Crippen molar-refractivity contribution in [2.45, 2.75) is 6.54 Å². The van der Waals surface area contributed by atoms with Crippen molar-refractivity contribution in [1.29, 1.82) is 0 Å². The molecule has 1 heterocycles. The summed E-state index contributed by atoms with van der Waals surface area (Å²) < 4.78 is 1.07. The molecule has 0 aliphatic rings. The molecule has 0 aliphatic carbocycles. The smallest absolute Gasteiger partial charge is 0.138 e. The van der Waals surface area contributed by atoms with Gasteiger partial charge in [0.25, 0.3) is 0 Å². The van der Waals surface area contributed by atoms with Gasteiger partial charge in [-0.3, -0.25) is 0 Å². The minimum Gasteiger partial charge on any atom is -0.340 e. The van der Waals surface area contributed by atoms with Crippen molar-refractivity contribution in [3.8, 4) is 0 Å². The third-order valence-corrected chi connectivity index (χ3v) is 3.87. The van der Waals surface area contributed by atoms with Crippen LogP contribution in [0, 0.1) is 0 Å². The zero-order valence-corrected chi connectivity index (χ0v) is 12.4. The maximum atomic E-state index is 5.67. The van der Waals surface area contributed by atoms with Crippen LogP contribution in [0.4, 0.5) is 11.5 Å². The lowest BCUT2D eigenvalue weighted by atomic mass is 10.1. The Morgan fingerprint density at radius 2 is 1.90 bits per heavy atom. The van der Waals surface area contributed by atoms with E-state index in [1.54, 1.807) is 0 Å². The van der Waals surface area contributed by atoms with Gasteiger partial charge in [0.2, 0.25) is 0 Å². The molecule has 0 aliphatic heterocycles. The first-order valence-corrected chi connectivity index (χ1v) is 7.16. The van der Waals surface area contributed by atoms with Gasteiger partial charge in [-0.2, -0.15) is 0 Å². The van der Waals surface area contributed by atoms with Crippen molar-refractivity contribution in [3.05, 3.63) is 64.8 Å². The van der Waals surface area contributed by atoms with Crippen LogP contribution in [0.15, 0.2) is 59.2 Å². The van der Waals surface area contributed by atoms with E-state index < -0.39 is 0 Å². The summed E-state index contributed by atoms with van der Waals surface area (Å²) in [4.78, 5) is 4.44. The topological polar surface area (TPSA) is 50.9 Å². The van der Waals surface area contributed by atoms with E-state index in [4.69, 9.17) is 5.73 Å². The van der Waals surface area contributed by atoms with E-state index in [2.05, 4.69) is 32.3 Å². The van der Waals surface area contributed by atoms with Gasteiger partial charge in [0.15, 0.2) is 0 Å². The zero-order valence-electron chi connectivity index (χ0n) is 10.8. The van der Waals surface area contributed by atoms with Crippen LogP contribution < -0.4 is 11.1 Å². The first-order valence-electron chi connectivity index (χ1n) is 6.37. The summed E-state index contributed by atoms with van der Waals surface area (Å²) >= 11 is 3.57. The van der Waals surface area contributed by atoms with E-state index in [-0.39, 0.29) is 0 Å². The minimum absolute atomic E-state index is 0.532. The van der Waals surface area contributed by atoms with Crippen LogP contribution in [0.2, 0.25) is 0 Å². The molecule has 3 N–H and O–H groups in total. The lowest BCUT2D eigenvalue weighted by molar-refractivity contribution is 1.07. The predicted molar refractivity (Wildman–Crippen MR) is 87.1 cm³/mol. The second-order valence-electron chi connectivity index (χ2n) is 4.52. The van der Waals surface area contributed by atoms with Crippen LogP contribution in [0.5, 0.6) is 0 Å². The quantitative estimate of drug-likeness (QED) is 0.758. The molecule has 0 saturated heterocycles. The Hall–Kier alpha value is -1.91. The number of benzene rings is 2. The van der Waals surface area contributed by atoms with E-state index in [0.717, 1.165) is 32.3 Å². The van der Waals surface area contributed by atoms with E-state index in [0.29, 0.717) is 6.54 Å². The number of nitrogens with one attached hydrogen (secondary N) is 1. The number of anilines is 2. The Balaban J connectivity index is 2.04. The maximum absolute atomic E-state index is 5.67. The number of rotatable bonds is 3. The Labute approximate surface area is 126 Å². The van der Waals surface area contributed by atoms with Gasteiger partial charge in [0, 0.05) is 33.7 Å². The van der Waals surface area contributed by atoms with Gasteiger partial charge in [-0.05, 0) is 29.8 Å². The van der Waals surface area contributed by atoms with Crippen LogP contribution in [-0.2, 0) is 6.54 Å². The minimum atomic E-state index is 0.532. The van der Waals surface area contributed by atoms with Gasteiger partial charge in [-0.25, -0.2) is 4.98 Å². The monoisotopic (exact) mass is 327 g/mol. The average molecular weight is 328 g/mol. The summed E-state index contributed by atoms with van der Waals surface area (Å²) in [6.45, 7) is 0.532. The molecule has 20 heavy (non-hydrogen) atoms. The molecule has 0 saturated carbocycles. The first-order chi connectivity index (χ1) is 9.78.